The highest BCUT2D eigenvalue weighted by Crippen LogP contribution is 2.28. The fourth-order valence-electron chi connectivity index (χ4n) is 3.48. The van der Waals surface area contributed by atoms with Crippen molar-refractivity contribution in [2.24, 2.45) is 0 Å². The van der Waals surface area contributed by atoms with Gasteiger partial charge in [0, 0.05) is 47.2 Å². The van der Waals surface area contributed by atoms with Gasteiger partial charge in [0.1, 0.15) is 6.04 Å². The number of nitrogens with one attached hydrogen (secondary N) is 1. The molecule has 0 spiro atoms. The van der Waals surface area contributed by atoms with E-state index in [-0.39, 0.29) is 37.7 Å². The maximum atomic E-state index is 13.2. The number of aryl methyl sites for hydroxylation is 1. The lowest BCUT2D eigenvalue weighted by Gasteiger charge is -2.30. The molecular formula is C23H28Cl3N3O4S. The average Bonchev–Trinajstić information content (AvgIpc) is 2.76. The molecule has 0 aliphatic rings. The summed E-state index contributed by atoms with van der Waals surface area (Å²) in [5.41, 5.74) is 1.73. The summed E-state index contributed by atoms with van der Waals surface area (Å²) in [6, 6.07) is 9.23. The lowest BCUT2D eigenvalue weighted by atomic mass is 10.1. The Morgan fingerprint density at radius 2 is 1.71 bits per heavy atom. The van der Waals surface area contributed by atoms with Gasteiger partial charge >= 0.3 is 0 Å². The van der Waals surface area contributed by atoms with E-state index in [0.717, 1.165) is 11.8 Å². The summed E-state index contributed by atoms with van der Waals surface area (Å²) in [5.74, 6) is -0.674. The highest BCUT2D eigenvalue weighted by Gasteiger charge is 2.27. The van der Waals surface area contributed by atoms with E-state index in [1.807, 2.05) is 0 Å². The number of amides is 2. The summed E-state index contributed by atoms with van der Waals surface area (Å²) in [6.07, 6.45) is 1.34. The van der Waals surface area contributed by atoms with Crippen LogP contribution in [-0.4, -0.2) is 51.0 Å². The van der Waals surface area contributed by atoms with Crippen LogP contribution in [0.1, 0.15) is 30.9 Å². The number of likely N-dealkylation sites (N-methyl/N-ethyl adjacent to an activating group) is 1. The van der Waals surface area contributed by atoms with Gasteiger partial charge in [-0.25, -0.2) is 8.42 Å². The minimum absolute atomic E-state index is 0.00897. The topological polar surface area (TPSA) is 86.8 Å². The minimum atomic E-state index is -3.62. The Hall–Kier alpha value is -2.00. The van der Waals surface area contributed by atoms with Gasteiger partial charge in [0.25, 0.3) is 0 Å². The third-order valence-electron chi connectivity index (χ3n) is 5.40. The zero-order valence-corrected chi connectivity index (χ0v) is 22.5. The third-order valence-corrected chi connectivity index (χ3v) is 7.52. The second-order valence-electron chi connectivity index (χ2n) is 7.88. The van der Waals surface area contributed by atoms with E-state index >= 15 is 0 Å². The first kappa shape index (κ1) is 28.2. The van der Waals surface area contributed by atoms with Crippen LogP contribution in [0.25, 0.3) is 0 Å². The Bertz CT molecular complexity index is 1140. The zero-order chi connectivity index (χ0) is 25.6. The fourth-order valence-corrected chi connectivity index (χ4v) is 5.18. The van der Waals surface area contributed by atoms with E-state index in [0.29, 0.717) is 26.3 Å². The molecule has 7 nitrogen and oxygen atoms in total. The monoisotopic (exact) mass is 547 g/mol. The van der Waals surface area contributed by atoms with Gasteiger partial charge in [0.15, 0.2) is 0 Å². The number of hydrogen-bond donors (Lipinski definition) is 1. The number of benzene rings is 2. The van der Waals surface area contributed by atoms with Crippen LogP contribution in [-0.2, 0) is 26.2 Å². The molecule has 0 saturated heterocycles. The predicted molar refractivity (Wildman–Crippen MR) is 138 cm³/mol. The van der Waals surface area contributed by atoms with Crippen LogP contribution in [0.2, 0.25) is 15.1 Å². The maximum absolute atomic E-state index is 13.2. The SMILES string of the molecule is CNC(=O)C(C)N(Cc1c(Cl)cccc1Cl)C(=O)CCCN(c1cc(Cl)ccc1C)S(C)(=O)=O. The van der Waals surface area contributed by atoms with Crippen molar-refractivity contribution in [2.75, 3.05) is 24.2 Å². The van der Waals surface area contributed by atoms with Crippen LogP contribution in [0.4, 0.5) is 5.69 Å². The van der Waals surface area contributed by atoms with Gasteiger partial charge in [-0.05, 0) is 50.1 Å². The Balaban J connectivity index is 2.23. The van der Waals surface area contributed by atoms with Gasteiger partial charge in [-0.1, -0.05) is 46.9 Å². The van der Waals surface area contributed by atoms with Crippen LogP contribution in [0.15, 0.2) is 36.4 Å². The van der Waals surface area contributed by atoms with Crippen molar-refractivity contribution in [3.63, 3.8) is 0 Å². The first-order valence-corrected chi connectivity index (χ1v) is 13.5. The molecule has 0 radical (unpaired) electrons. The maximum Gasteiger partial charge on any atom is 0.242 e. The largest absolute Gasteiger partial charge is 0.357 e. The fraction of sp³-hybridized carbons (Fsp3) is 0.391. The molecule has 0 aromatic heterocycles. The first-order valence-electron chi connectivity index (χ1n) is 10.5. The number of carbonyl (C=O) groups is 2. The highest BCUT2D eigenvalue weighted by molar-refractivity contribution is 7.92. The van der Waals surface area contributed by atoms with Gasteiger partial charge in [0.2, 0.25) is 21.8 Å². The van der Waals surface area contributed by atoms with E-state index in [1.54, 1.807) is 50.2 Å². The molecular weight excluding hydrogens is 521 g/mol. The van der Waals surface area contributed by atoms with Crippen molar-refractivity contribution in [1.82, 2.24) is 10.2 Å². The van der Waals surface area contributed by atoms with Gasteiger partial charge in [0.05, 0.1) is 11.9 Å². The average molecular weight is 549 g/mol. The smallest absolute Gasteiger partial charge is 0.242 e. The number of nitrogens with zero attached hydrogens (tertiary/aromatic N) is 2. The molecule has 1 N–H and O–H groups in total. The van der Waals surface area contributed by atoms with Crippen LogP contribution in [0, 0.1) is 6.92 Å². The Morgan fingerprint density at radius 1 is 1.09 bits per heavy atom. The molecule has 2 aromatic carbocycles. The number of carbonyl (C=O) groups excluding carboxylic acids is 2. The van der Waals surface area contributed by atoms with Gasteiger partial charge < -0.3 is 10.2 Å². The first-order chi connectivity index (χ1) is 15.9. The van der Waals surface area contributed by atoms with Crippen molar-refractivity contribution in [3.05, 3.63) is 62.6 Å². The summed E-state index contributed by atoms with van der Waals surface area (Å²) in [4.78, 5) is 26.9. The number of hydrogen-bond acceptors (Lipinski definition) is 4. The molecule has 0 aliphatic carbocycles. The van der Waals surface area contributed by atoms with Gasteiger partial charge in [-0.15, -0.1) is 0 Å². The molecule has 1 atom stereocenters. The van der Waals surface area contributed by atoms with Crippen molar-refractivity contribution >= 4 is 62.3 Å². The zero-order valence-electron chi connectivity index (χ0n) is 19.4. The van der Waals surface area contributed by atoms with Crippen molar-refractivity contribution in [3.8, 4) is 0 Å². The van der Waals surface area contributed by atoms with Crippen molar-refractivity contribution in [2.45, 2.75) is 39.3 Å². The number of anilines is 1. The summed E-state index contributed by atoms with van der Waals surface area (Å²) in [5, 5.41) is 3.72. The molecule has 2 rings (SSSR count). The van der Waals surface area contributed by atoms with Crippen molar-refractivity contribution < 1.29 is 18.0 Å². The van der Waals surface area contributed by atoms with E-state index in [1.165, 1.54) is 16.3 Å². The molecule has 0 bridgehead atoms. The van der Waals surface area contributed by atoms with Crippen molar-refractivity contribution in [1.29, 1.82) is 0 Å². The Kier molecular flexibility index (Phi) is 10.1. The van der Waals surface area contributed by atoms with E-state index in [2.05, 4.69) is 5.32 Å². The second kappa shape index (κ2) is 12.1. The van der Waals surface area contributed by atoms with E-state index in [9.17, 15) is 18.0 Å². The summed E-state index contributed by atoms with van der Waals surface area (Å²) in [7, 11) is -2.13. The summed E-state index contributed by atoms with van der Waals surface area (Å²) in [6.45, 7) is 3.50. The van der Waals surface area contributed by atoms with E-state index < -0.39 is 16.1 Å². The molecule has 186 valence electrons. The molecule has 0 aliphatic heterocycles. The second-order valence-corrected chi connectivity index (χ2v) is 11.0. The minimum Gasteiger partial charge on any atom is -0.357 e. The molecule has 34 heavy (non-hydrogen) atoms. The normalized spacial score (nSPS) is 12.2. The number of halogens is 3. The van der Waals surface area contributed by atoms with Crippen LogP contribution in [0.3, 0.4) is 0 Å². The van der Waals surface area contributed by atoms with Crippen LogP contribution < -0.4 is 9.62 Å². The Morgan fingerprint density at radius 3 is 2.26 bits per heavy atom. The molecule has 2 aromatic rings. The molecule has 0 heterocycles. The third kappa shape index (κ3) is 7.25. The predicted octanol–water partition coefficient (Wildman–Crippen LogP) is 4.66. The summed E-state index contributed by atoms with van der Waals surface area (Å²) >= 11 is 18.6. The van der Waals surface area contributed by atoms with Crippen LogP contribution >= 0.6 is 34.8 Å². The molecule has 0 fully saturated rings. The Labute approximate surface area is 216 Å². The van der Waals surface area contributed by atoms with Gasteiger partial charge in [-0.2, -0.15) is 0 Å². The number of rotatable bonds is 10. The quantitative estimate of drug-likeness (QED) is 0.468. The van der Waals surface area contributed by atoms with E-state index in [4.69, 9.17) is 34.8 Å². The molecule has 0 saturated carbocycles. The lowest BCUT2D eigenvalue weighted by Crippen LogP contribution is -2.47. The highest BCUT2D eigenvalue weighted by atomic mass is 35.5. The van der Waals surface area contributed by atoms with Gasteiger partial charge in [-0.3, -0.25) is 13.9 Å². The molecule has 11 heteroatoms. The van der Waals surface area contributed by atoms with Crippen LogP contribution in [0.5, 0.6) is 0 Å². The molecule has 2 amide bonds. The summed E-state index contributed by atoms with van der Waals surface area (Å²) < 4.78 is 26.2. The lowest BCUT2D eigenvalue weighted by molar-refractivity contribution is -0.140. The standard InChI is InChI=1S/C23H28Cl3N3O4S/c1-15-10-11-17(24)13-21(15)29(34(4,32)33)12-6-9-22(30)28(16(2)23(31)27-3)14-18-19(25)7-5-8-20(18)26/h5,7-8,10-11,13,16H,6,9,12,14H2,1-4H3,(H,27,31). The number of sulfonamides is 1. The molecule has 1 unspecified atom stereocenters.